The molecule has 1 aliphatic rings. The molecule has 0 saturated carbocycles. The highest BCUT2D eigenvalue weighted by Crippen LogP contribution is 2.28. The average molecular weight is 316 g/mol. The number of rotatable bonds is 5. The van der Waals surface area contributed by atoms with Gasteiger partial charge in [-0.3, -0.25) is 14.3 Å². The molecule has 1 aromatic rings. The molecule has 0 radical (unpaired) electrons. The Morgan fingerprint density at radius 1 is 1.41 bits per heavy atom. The number of hydrogen-bond donors (Lipinski definition) is 3. The van der Waals surface area contributed by atoms with Crippen molar-refractivity contribution >= 4 is 5.97 Å². The number of aromatic nitrogens is 2. The molecule has 1 fully saturated rings. The van der Waals surface area contributed by atoms with Crippen molar-refractivity contribution in [3.8, 4) is 0 Å². The van der Waals surface area contributed by atoms with Crippen molar-refractivity contribution in [2.45, 2.75) is 24.5 Å². The van der Waals surface area contributed by atoms with Gasteiger partial charge in [-0.1, -0.05) is 0 Å². The van der Waals surface area contributed by atoms with E-state index in [2.05, 4.69) is 4.74 Å². The Labute approximate surface area is 123 Å². The van der Waals surface area contributed by atoms with Crippen molar-refractivity contribution in [2.24, 2.45) is 0 Å². The molecule has 0 bridgehead atoms. The van der Waals surface area contributed by atoms with Crippen molar-refractivity contribution in [3.05, 3.63) is 33.1 Å². The van der Waals surface area contributed by atoms with Crippen LogP contribution >= 0.6 is 0 Å². The molecule has 10 heteroatoms. The quantitative estimate of drug-likeness (QED) is 0.500. The van der Waals surface area contributed by atoms with Crippen molar-refractivity contribution < 1.29 is 29.2 Å². The molecule has 1 saturated heterocycles. The molecule has 2 unspecified atom stereocenters. The summed E-state index contributed by atoms with van der Waals surface area (Å²) in [5.41, 5.74) is -1.37. The normalized spacial score (nSPS) is 27.8. The Bertz CT molecular complexity index is 639. The van der Waals surface area contributed by atoms with Gasteiger partial charge in [0.2, 0.25) is 0 Å². The molecule has 0 spiro atoms. The standard InChI is InChI=1S/C12H16N2O8/c1-20-8(16)5-21-4-6-9(17)10(18)11(22-6)14-3-2-7(15)13-12(14)19/h2-3,6,9-11,17-18H,4-5H2,1H3,(H,13,15,19)/t6-,9?,10?,11-/m0/s1. The number of carbonyl (C=O) groups is 1. The van der Waals surface area contributed by atoms with Gasteiger partial charge < -0.3 is 24.4 Å². The second-order valence-electron chi connectivity index (χ2n) is 4.65. The van der Waals surface area contributed by atoms with Crippen LogP contribution in [0.15, 0.2) is 21.9 Å². The number of nitrogens with one attached hydrogen (secondary N) is 1. The zero-order valence-electron chi connectivity index (χ0n) is 11.7. The molecule has 122 valence electrons. The number of aromatic amines is 1. The van der Waals surface area contributed by atoms with Crippen molar-refractivity contribution in [1.82, 2.24) is 9.55 Å². The van der Waals surface area contributed by atoms with Gasteiger partial charge >= 0.3 is 11.7 Å². The molecule has 2 heterocycles. The van der Waals surface area contributed by atoms with Crippen LogP contribution in [0, 0.1) is 0 Å². The molecule has 1 aromatic heterocycles. The number of nitrogens with zero attached hydrogens (tertiary/aromatic N) is 1. The summed E-state index contributed by atoms with van der Waals surface area (Å²) in [6.45, 7) is -0.510. The summed E-state index contributed by atoms with van der Waals surface area (Å²) >= 11 is 0. The summed E-state index contributed by atoms with van der Waals surface area (Å²) in [5, 5.41) is 19.9. The first-order valence-electron chi connectivity index (χ1n) is 6.41. The number of H-pyrrole nitrogens is 1. The number of esters is 1. The van der Waals surface area contributed by atoms with Gasteiger partial charge in [-0.15, -0.1) is 0 Å². The molecule has 0 amide bonds. The minimum Gasteiger partial charge on any atom is -0.467 e. The van der Waals surface area contributed by atoms with E-state index in [0.717, 1.165) is 16.8 Å². The van der Waals surface area contributed by atoms with Gasteiger partial charge in [0.05, 0.1) is 13.7 Å². The third-order valence-electron chi connectivity index (χ3n) is 3.19. The Morgan fingerprint density at radius 3 is 2.77 bits per heavy atom. The van der Waals surface area contributed by atoms with Gasteiger partial charge in [-0.25, -0.2) is 9.59 Å². The van der Waals surface area contributed by atoms with E-state index in [1.807, 2.05) is 4.98 Å². The number of hydrogen-bond acceptors (Lipinski definition) is 8. The minimum absolute atomic E-state index is 0.179. The van der Waals surface area contributed by atoms with Gasteiger partial charge in [0, 0.05) is 12.3 Å². The third-order valence-corrected chi connectivity index (χ3v) is 3.19. The lowest BCUT2D eigenvalue weighted by Crippen LogP contribution is -2.37. The minimum atomic E-state index is -1.39. The van der Waals surface area contributed by atoms with Crippen molar-refractivity contribution in [3.63, 3.8) is 0 Å². The molecule has 0 aliphatic carbocycles. The van der Waals surface area contributed by atoms with E-state index in [9.17, 15) is 24.6 Å². The fourth-order valence-electron chi connectivity index (χ4n) is 2.04. The summed E-state index contributed by atoms with van der Waals surface area (Å²) in [6, 6.07) is 1.09. The lowest BCUT2D eigenvalue weighted by Gasteiger charge is -2.16. The van der Waals surface area contributed by atoms with Crippen LogP contribution in [0.2, 0.25) is 0 Å². The van der Waals surface area contributed by atoms with E-state index in [4.69, 9.17) is 9.47 Å². The van der Waals surface area contributed by atoms with Gasteiger partial charge in [-0.05, 0) is 0 Å². The summed E-state index contributed by atoms with van der Waals surface area (Å²) in [6.07, 6.45) is -3.68. The van der Waals surface area contributed by atoms with Crippen LogP contribution in [0.3, 0.4) is 0 Å². The van der Waals surface area contributed by atoms with Crippen LogP contribution in [-0.4, -0.2) is 64.4 Å². The predicted octanol–water partition coefficient (Wildman–Crippen LogP) is -2.65. The van der Waals surface area contributed by atoms with Crippen LogP contribution in [0.5, 0.6) is 0 Å². The average Bonchev–Trinajstić information content (AvgIpc) is 2.75. The molecule has 2 rings (SSSR count). The molecular weight excluding hydrogens is 300 g/mol. The molecule has 22 heavy (non-hydrogen) atoms. The topological polar surface area (TPSA) is 140 Å². The lowest BCUT2D eigenvalue weighted by atomic mass is 10.1. The van der Waals surface area contributed by atoms with E-state index in [-0.39, 0.29) is 13.2 Å². The number of aliphatic hydroxyl groups is 2. The van der Waals surface area contributed by atoms with Crippen LogP contribution in [-0.2, 0) is 19.0 Å². The highest BCUT2D eigenvalue weighted by molar-refractivity contribution is 5.70. The lowest BCUT2D eigenvalue weighted by molar-refractivity contribution is -0.148. The van der Waals surface area contributed by atoms with E-state index >= 15 is 0 Å². The Kier molecular flexibility index (Phi) is 5.08. The molecule has 1 aliphatic heterocycles. The molecule has 4 atom stereocenters. The Morgan fingerprint density at radius 2 is 2.14 bits per heavy atom. The van der Waals surface area contributed by atoms with Gasteiger partial charge in [0.1, 0.15) is 24.9 Å². The fraction of sp³-hybridized carbons (Fsp3) is 0.583. The molecule has 10 nitrogen and oxygen atoms in total. The fourth-order valence-corrected chi connectivity index (χ4v) is 2.04. The summed E-state index contributed by atoms with van der Waals surface area (Å²) in [5.74, 6) is -0.596. The first-order valence-corrected chi connectivity index (χ1v) is 6.41. The van der Waals surface area contributed by atoms with Gasteiger partial charge in [0.15, 0.2) is 6.23 Å². The zero-order valence-corrected chi connectivity index (χ0v) is 11.7. The van der Waals surface area contributed by atoms with Crippen LogP contribution in [0.1, 0.15) is 6.23 Å². The van der Waals surface area contributed by atoms with E-state index < -0.39 is 41.8 Å². The largest absolute Gasteiger partial charge is 0.467 e. The van der Waals surface area contributed by atoms with Crippen LogP contribution in [0.25, 0.3) is 0 Å². The van der Waals surface area contributed by atoms with Crippen LogP contribution < -0.4 is 11.2 Å². The van der Waals surface area contributed by atoms with Crippen molar-refractivity contribution in [2.75, 3.05) is 20.3 Å². The number of aliphatic hydroxyl groups excluding tert-OH is 2. The number of ether oxygens (including phenoxy) is 3. The van der Waals surface area contributed by atoms with E-state index in [0.29, 0.717) is 0 Å². The second-order valence-corrected chi connectivity index (χ2v) is 4.65. The monoisotopic (exact) mass is 316 g/mol. The third kappa shape index (κ3) is 3.42. The molecular formula is C12H16N2O8. The predicted molar refractivity (Wildman–Crippen MR) is 70.1 cm³/mol. The first-order chi connectivity index (χ1) is 10.4. The number of methoxy groups -OCH3 is 1. The molecule has 3 N–H and O–H groups in total. The van der Waals surface area contributed by atoms with Gasteiger partial charge in [0.25, 0.3) is 5.56 Å². The summed E-state index contributed by atoms with van der Waals surface area (Å²) < 4.78 is 15.7. The maximum absolute atomic E-state index is 11.7. The first kappa shape index (κ1) is 16.4. The van der Waals surface area contributed by atoms with E-state index in [1.165, 1.54) is 7.11 Å². The maximum atomic E-state index is 11.7. The zero-order chi connectivity index (χ0) is 16.3. The van der Waals surface area contributed by atoms with E-state index in [1.54, 1.807) is 0 Å². The maximum Gasteiger partial charge on any atom is 0.331 e. The second kappa shape index (κ2) is 6.83. The highest BCUT2D eigenvalue weighted by atomic mass is 16.6. The smallest absolute Gasteiger partial charge is 0.331 e. The molecule has 0 aromatic carbocycles. The van der Waals surface area contributed by atoms with Crippen molar-refractivity contribution in [1.29, 1.82) is 0 Å². The highest BCUT2D eigenvalue weighted by Gasteiger charge is 2.44. The SMILES string of the molecule is COC(=O)COC[C@@H]1O[C@H](n2ccc(=O)[nH]c2=O)C(O)C1O. The Hall–Kier alpha value is -2.01. The van der Waals surface area contributed by atoms with Gasteiger partial charge in [-0.2, -0.15) is 0 Å². The summed E-state index contributed by atoms with van der Waals surface area (Å²) in [4.78, 5) is 35.6. The number of carbonyl (C=O) groups excluding carboxylic acids is 1. The van der Waals surface area contributed by atoms with Crippen LogP contribution in [0.4, 0.5) is 0 Å². The summed E-state index contributed by atoms with van der Waals surface area (Å²) in [7, 11) is 1.20. The Balaban J connectivity index is 2.05.